The second-order valence-electron chi connectivity index (χ2n) is 4.92. The van der Waals surface area contributed by atoms with Crippen molar-refractivity contribution >= 4 is 27.4 Å². The van der Waals surface area contributed by atoms with E-state index in [1.165, 1.54) is 11.9 Å². The Morgan fingerprint density at radius 2 is 2.21 bits per heavy atom. The summed E-state index contributed by atoms with van der Waals surface area (Å²) in [5.41, 5.74) is 2.29. The Kier molecular flexibility index (Phi) is 3.14. The van der Waals surface area contributed by atoms with Gasteiger partial charge in [0.05, 0.1) is 6.33 Å². The monoisotopic (exact) mass is 319 g/mol. The van der Waals surface area contributed by atoms with E-state index in [1.54, 1.807) is 0 Å². The number of hydrogen-bond acceptors (Lipinski definition) is 3. The second kappa shape index (κ2) is 4.81. The van der Waals surface area contributed by atoms with Gasteiger partial charge < -0.3 is 9.88 Å². The van der Waals surface area contributed by atoms with E-state index in [9.17, 15) is 4.79 Å². The minimum Gasteiger partial charge on any atom is -0.325 e. The number of para-hydroxylation sites is 1. The van der Waals surface area contributed by atoms with Crippen molar-refractivity contribution in [3.8, 4) is 0 Å². The maximum atomic E-state index is 11.7. The van der Waals surface area contributed by atoms with Crippen molar-refractivity contribution in [3.05, 3.63) is 51.0 Å². The summed E-state index contributed by atoms with van der Waals surface area (Å²) in [6.45, 7) is 3.08. The number of nitrogens with one attached hydrogen (secondary N) is 1. The lowest BCUT2D eigenvalue weighted by atomic mass is 9.94. The molecule has 2 heterocycles. The zero-order valence-corrected chi connectivity index (χ0v) is 12.1. The first-order valence-electron chi connectivity index (χ1n) is 6.25. The fourth-order valence-electron chi connectivity index (χ4n) is 2.56. The highest BCUT2D eigenvalue weighted by Crippen LogP contribution is 2.35. The van der Waals surface area contributed by atoms with E-state index in [2.05, 4.69) is 55.9 Å². The molecule has 1 N–H and O–H groups in total. The van der Waals surface area contributed by atoms with Crippen LogP contribution in [-0.4, -0.2) is 16.5 Å². The van der Waals surface area contributed by atoms with Gasteiger partial charge in [0.15, 0.2) is 5.82 Å². The van der Waals surface area contributed by atoms with Gasteiger partial charge in [-0.15, -0.1) is 0 Å². The summed E-state index contributed by atoms with van der Waals surface area (Å²) >= 11 is 3.34. The molecule has 1 aliphatic heterocycles. The number of rotatable bonds is 1. The number of fused-ring (bicyclic) bond motifs is 1. The average molecular weight is 320 g/mol. The molecule has 0 spiro atoms. The number of H-pyrrole nitrogens is 1. The first-order valence-corrected chi connectivity index (χ1v) is 7.04. The quantitative estimate of drug-likeness (QED) is 0.879. The molecule has 1 atom stereocenters. The van der Waals surface area contributed by atoms with Crippen LogP contribution in [0.5, 0.6) is 0 Å². The molecule has 4 nitrogen and oxygen atoms in total. The molecule has 0 bridgehead atoms. The minimum absolute atomic E-state index is 0.152. The number of nitrogens with zero attached hydrogens (tertiary/aromatic N) is 2. The van der Waals surface area contributed by atoms with Crippen molar-refractivity contribution in [3.63, 3.8) is 0 Å². The molecule has 0 saturated carbocycles. The Hall–Kier alpha value is -1.62. The van der Waals surface area contributed by atoms with E-state index in [0.717, 1.165) is 18.7 Å². The molecule has 0 aliphatic carbocycles. The van der Waals surface area contributed by atoms with E-state index in [1.807, 2.05) is 6.07 Å². The summed E-state index contributed by atoms with van der Waals surface area (Å²) in [7, 11) is 0. The van der Waals surface area contributed by atoms with Gasteiger partial charge in [0.25, 0.3) is 5.56 Å². The lowest BCUT2D eigenvalue weighted by Crippen LogP contribution is -2.32. The molecule has 0 amide bonds. The number of anilines is 2. The van der Waals surface area contributed by atoms with E-state index in [0.29, 0.717) is 16.2 Å². The third-order valence-corrected chi connectivity index (χ3v) is 4.09. The Balaban J connectivity index is 2.15. The summed E-state index contributed by atoms with van der Waals surface area (Å²) in [6, 6.07) is 8.29. The van der Waals surface area contributed by atoms with Crippen LogP contribution in [0.15, 0.2) is 39.9 Å². The van der Waals surface area contributed by atoms with Crippen LogP contribution in [0.25, 0.3) is 0 Å². The van der Waals surface area contributed by atoms with Crippen molar-refractivity contribution in [1.29, 1.82) is 0 Å². The van der Waals surface area contributed by atoms with Crippen LogP contribution >= 0.6 is 15.9 Å². The summed E-state index contributed by atoms with van der Waals surface area (Å²) in [4.78, 5) is 20.7. The van der Waals surface area contributed by atoms with Gasteiger partial charge in [-0.25, -0.2) is 4.98 Å². The summed E-state index contributed by atoms with van der Waals surface area (Å²) in [6.07, 6.45) is 2.51. The number of hydrogen-bond donors (Lipinski definition) is 1. The van der Waals surface area contributed by atoms with Gasteiger partial charge in [-0.05, 0) is 39.9 Å². The molecule has 0 fully saturated rings. The molecular formula is C14H14BrN3O. The highest BCUT2D eigenvalue weighted by atomic mass is 79.9. The van der Waals surface area contributed by atoms with E-state index in [4.69, 9.17) is 0 Å². The lowest BCUT2D eigenvalue weighted by Gasteiger charge is -2.34. The topological polar surface area (TPSA) is 49.0 Å². The molecule has 1 aliphatic rings. The number of benzene rings is 1. The normalized spacial score (nSPS) is 18.2. The highest BCUT2D eigenvalue weighted by Gasteiger charge is 2.25. The molecule has 1 aromatic heterocycles. The maximum Gasteiger partial charge on any atom is 0.267 e. The largest absolute Gasteiger partial charge is 0.325 e. The van der Waals surface area contributed by atoms with Crippen molar-refractivity contribution in [2.75, 3.05) is 11.4 Å². The van der Waals surface area contributed by atoms with Gasteiger partial charge in [-0.1, -0.05) is 25.1 Å². The third kappa shape index (κ3) is 2.18. The number of aromatic nitrogens is 2. The zero-order valence-electron chi connectivity index (χ0n) is 10.6. The molecule has 0 saturated heterocycles. The molecule has 98 valence electrons. The van der Waals surface area contributed by atoms with Crippen molar-refractivity contribution < 1.29 is 0 Å². The number of aromatic amines is 1. The van der Waals surface area contributed by atoms with Crippen LogP contribution in [0.3, 0.4) is 0 Å². The Labute approximate surface area is 119 Å². The molecule has 1 aromatic carbocycles. The first-order chi connectivity index (χ1) is 9.16. The van der Waals surface area contributed by atoms with Gasteiger partial charge in [-0.3, -0.25) is 4.79 Å². The molecule has 2 aromatic rings. The lowest BCUT2D eigenvalue weighted by molar-refractivity contribution is 0.559. The molecule has 3 rings (SSSR count). The first kappa shape index (κ1) is 12.4. The van der Waals surface area contributed by atoms with Crippen LogP contribution in [-0.2, 0) is 6.42 Å². The predicted octanol–water partition coefficient (Wildman–Crippen LogP) is 2.86. The van der Waals surface area contributed by atoms with Crippen molar-refractivity contribution in [1.82, 2.24) is 9.97 Å². The molecule has 5 heteroatoms. The van der Waals surface area contributed by atoms with Crippen LogP contribution < -0.4 is 10.5 Å². The zero-order chi connectivity index (χ0) is 13.4. The fourth-order valence-corrected chi connectivity index (χ4v) is 2.99. The molecular weight excluding hydrogens is 306 g/mol. The van der Waals surface area contributed by atoms with Gasteiger partial charge in [-0.2, -0.15) is 0 Å². The van der Waals surface area contributed by atoms with E-state index >= 15 is 0 Å². The average Bonchev–Trinajstić information content (AvgIpc) is 2.41. The molecule has 0 radical (unpaired) electrons. The minimum atomic E-state index is -0.152. The van der Waals surface area contributed by atoms with Gasteiger partial charge >= 0.3 is 0 Å². The summed E-state index contributed by atoms with van der Waals surface area (Å²) in [5.74, 6) is 1.21. The Morgan fingerprint density at radius 3 is 3.05 bits per heavy atom. The molecule has 19 heavy (non-hydrogen) atoms. The maximum absolute atomic E-state index is 11.7. The van der Waals surface area contributed by atoms with Crippen LogP contribution in [0.2, 0.25) is 0 Å². The summed E-state index contributed by atoms with van der Waals surface area (Å²) in [5, 5.41) is 0. The SMILES string of the molecule is CC1Cc2ccccc2N(c2nc[nH]c(=O)c2Br)C1. The highest BCUT2D eigenvalue weighted by molar-refractivity contribution is 9.10. The number of halogens is 1. The molecule has 1 unspecified atom stereocenters. The Morgan fingerprint density at radius 1 is 1.42 bits per heavy atom. The van der Waals surface area contributed by atoms with E-state index < -0.39 is 0 Å². The predicted molar refractivity (Wildman–Crippen MR) is 78.9 cm³/mol. The Bertz CT molecular complexity index is 668. The van der Waals surface area contributed by atoms with Gasteiger partial charge in [0.1, 0.15) is 4.47 Å². The third-order valence-electron chi connectivity index (χ3n) is 3.38. The van der Waals surface area contributed by atoms with Crippen LogP contribution in [0, 0.1) is 5.92 Å². The summed E-state index contributed by atoms with van der Waals surface area (Å²) < 4.78 is 0.485. The standard InChI is InChI=1S/C14H14BrN3O/c1-9-6-10-4-2-3-5-11(10)18(7-9)13-12(15)14(19)17-8-16-13/h2-5,8-9H,6-7H2,1H3,(H,16,17,19). The van der Waals surface area contributed by atoms with Crippen LogP contribution in [0.4, 0.5) is 11.5 Å². The van der Waals surface area contributed by atoms with E-state index in [-0.39, 0.29) is 5.56 Å². The van der Waals surface area contributed by atoms with Crippen LogP contribution in [0.1, 0.15) is 12.5 Å². The fraction of sp³-hybridized carbons (Fsp3) is 0.286. The second-order valence-corrected chi connectivity index (χ2v) is 5.71. The van der Waals surface area contributed by atoms with Gasteiger partial charge in [0, 0.05) is 12.2 Å². The van der Waals surface area contributed by atoms with Gasteiger partial charge in [0.2, 0.25) is 0 Å². The van der Waals surface area contributed by atoms with Crippen molar-refractivity contribution in [2.45, 2.75) is 13.3 Å². The van der Waals surface area contributed by atoms with Crippen molar-refractivity contribution in [2.24, 2.45) is 5.92 Å². The smallest absolute Gasteiger partial charge is 0.267 e.